The average Bonchev–Trinajstić information content (AvgIpc) is 3.14. The van der Waals surface area contributed by atoms with Gasteiger partial charge >= 0.3 is 5.97 Å². The van der Waals surface area contributed by atoms with Gasteiger partial charge < -0.3 is 19.5 Å². The van der Waals surface area contributed by atoms with E-state index in [1.165, 1.54) is 20.1 Å². The number of benzene rings is 1. The second-order valence-corrected chi connectivity index (χ2v) is 6.25. The first kappa shape index (κ1) is 20.5. The summed E-state index contributed by atoms with van der Waals surface area (Å²) >= 11 is 0. The minimum atomic E-state index is -1.07. The van der Waals surface area contributed by atoms with Gasteiger partial charge in [-0.25, -0.2) is 4.79 Å². The van der Waals surface area contributed by atoms with Crippen LogP contribution in [0.3, 0.4) is 0 Å². The molecule has 1 aromatic rings. The van der Waals surface area contributed by atoms with E-state index in [0.29, 0.717) is 0 Å². The molecular formula is C18H24N2O7. The average molecular weight is 380 g/mol. The molecule has 1 saturated carbocycles. The van der Waals surface area contributed by atoms with Gasteiger partial charge in [-0.1, -0.05) is 12.8 Å². The number of amides is 1. The first-order chi connectivity index (χ1) is 12.9. The van der Waals surface area contributed by atoms with Crippen LogP contribution in [0.25, 0.3) is 0 Å². The summed E-state index contributed by atoms with van der Waals surface area (Å²) in [5.41, 5.74) is -0.784. The van der Waals surface area contributed by atoms with E-state index < -0.39 is 28.6 Å². The van der Waals surface area contributed by atoms with E-state index in [2.05, 4.69) is 5.32 Å². The van der Waals surface area contributed by atoms with Crippen molar-refractivity contribution >= 4 is 17.6 Å². The molecule has 0 radical (unpaired) electrons. The molecule has 2 rings (SSSR count). The Morgan fingerprint density at radius 1 is 1.30 bits per heavy atom. The zero-order valence-electron chi connectivity index (χ0n) is 15.6. The largest absolute Gasteiger partial charge is 0.493 e. The van der Waals surface area contributed by atoms with Gasteiger partial charge in [-0.05, 0) is 26.7 Å². The fourth-order valence-electron chi connectivity index (χ4n) is 2.96. The molecule has 148 valence electrons. The third-order valence-corrected chi connectivity index (χ3v) is 4.35. The van der Waals surface area contributed by atoms with Crippen molar-refractivity contribution in [2.24, 2.45) is 0 Å². The molecule has 9 heteroatoms. The van der Waals surface area contributed by atoms with E-state index in [1.54, 1.807) is 6.92 Å². The highest BCUT2D eigenvalue weighted by molar-refractivity contribution is 5.96. The van der Waals surface area contributed by atoms with Gasteiger partial charge in [-0.3, -0.25) is 14.9 Å². The number of carbonyl (C=O) groups excluding carboxylic acids is 2. The van der Waals surface area contributed by atoms with E-state index in [0.717, 1.165) is 31.7 Å². The second-order valence-electron chi connectivity index (χ2n) is 6.25. The number of methoxy groups -OCH3 is 1. The molecule has 1 amide bonds. The summed E-state index contributed by atoms with van der Waals surface area (Å²) in [5.74, 6) is -1.08. The summed E-state index contributed by atoms with van der Waals surface area (Å²) < 4.78 is 15.6. The quantitative estimate of drug-likeness (QED) is 0.418. The van der Waals surface area contributed by atoms with Gasteiger partial charge in [0.25, 0.3) is 11.6 Å². The van der Waals surface area contributed by atoms with Crippen LogP contribution >= 0.6 is 0 Å². The Hall–Kier alpha value is -2.84. The first-order valence-electron chi connectivity index (χ1n) is 8.88. The SMILES string of the molecule is CCOc1cc(C(=O)O[C@@H](C)C(=O)NC2CCCC2)c([N+](=O)[O-])cc1OC. The van der Waals surface area contributed by atoms with Crippen LogP contribution in [0, 0.1) is 10.1 Å². The molecule has 1 atom stereocenters. The van der Waals surface area contributed by atoms with Crippen molar-refractivity contribution in [3.05, 3.63) is 27.8 Å². The highest BCUT2D eigenvalue weighted by atomic mass is 16.6. The lowest BCUT2D eigenvalue weighted by Crippen LogP contribution is -2.40. The van der Waals surface area contributed by atoms with Gasteiger partial charge in [-0.2, -0.15) is 0 Å². The van der Waals surface area contributed by atoms with Gasteiger partial charge in [0.15, 0.2) is 17.6 Å². The summed E-state index contributed by atoms with van der Waals surface area (Å²) in [5, 5.41) is 14.2. The van der Waals surface area contributed by atoms with Gasteiger partial charge in [0.05, 0.1) is 24.7 Å². The van der Waals surface area contributed by atoms with Crippen LogP contribution < -0.4 is 14.8 Å². The highest BCUT2D eigenvalue weighted by Gasteiger charge is 2.29. The zero-order chi connectivity index (χ0) is 20.0. The lowest BCUT2D eigenvalue weighted by molar-refractivity contribution is -0.385. The number of rotatable bonds is 8. The van der Waals surface area contributed by atoms with Crippen molar-refractivity contribution in [1.82, 2.24) is 5.32 Å². The number of nitro benzene ring substituents is 1. The number of nitro groups is 1. The standard InChI is InChI=1S/C18H24N2O7/c1-4-26-16-9-13(14(20(23)24)10-15(16)25-3)18(22)27-11(2)17(21)19-12-7-5-6-8-12/h9-12H,4-8H2,1-3H3,(H,19,21)/t11-/m0/s1. The molecule has 1 N–H and O–H groups in total. The number of nitrogens with zero attached hydrogens (tertiary/aromatic N) is 1. The van der Waals surface area contributed by atoms with Crippen molar-refractivity contribution in [2.45, 2.75) is 51.7 Å². The first-order valence-corrected chi connectivity index (χ1v) is 8.88. The number of nitrogens with one attached hydrogen (secondary N) is 1. The molecule has 1 aliphatic carbocycles. The molecule has 0 bridgehead atoms. The van der Waals surface area contributed by atoms with Crippen LogP contribution in [0.1, 0.15) is 49.9 Å². The smallest absolute Gasteiger partial charge is 0.346 e. The number of carbonyl (C=O) groups is 2. The summed E-state index contributed by atoms with van der Waals surface area (Å²) in [4.78, 5) is 35.3. The normalized spacial score (nSPS) is 15.1. The van der Waals surface area contributed by atoms with E-state index in [-0.39, 0.29) is 29.7 Å². The lowest BCUT2D eigenvalue weighted by Gasteiger charge is -2.17. The minimum absolute atomic E-state index is 0.0820. The number of esters is 1. The number of ether oxygens (including phenoxy) is 3. The Morgan fingerprint density at radius 3 is 2.52 bits per heavy atom. The van der Waals surface area contributed by atoms with Gasteiger partial charge in [0.2, 0.25) is 0 Å². The summed E-state index contributed by atoms with van der Waals surface area (Å²) in [6, 6.07) is 2.38. The lowest BCUT2D eigenvalue weighted by atomic mass is 10.1. The number of hydrogen-bond acceptors (Lipinski definition) is 7. The van der Waals surface area contributed by atoms with Crippen molar-refractivity contribution in [2.75, 3.05) is 13.7 Å². The van der Waals surface area contributed by atoms with E-state index in [1.807, 2.05) is 0 Å². The van der Waals surface area contributed by atoms with E-state index >= 15 is 0 Å². The molecule has 0 aliphatic heterocycles. The molecule has 1 aliphatic rings. The minimum Gasteiger partial charge on any atom is -0.493 e. The Kier molecular flexibility index (Phi) is 6.98. The molecule has 0 heterocycles. The third kappa shape index (κ3) is 5.08. The Morgan fingerprint density at radius 2 is 1.96 bits per heavy atom. The zero-order valence-corrected chi connectivity index (χ0v) is 15.6. The van der Waals surface area contributed by atoms with Crippen LogP contribution in [0.5, 0.6) is 11.5 Å². The molecule has 27 heavy (non-hydrogen) atoms. The Balaban J connectivity index is 2.18. The van der Waals surface area contributed by atoms with Gasteiger partial charge in [0.1, 0.15) is 5.56 Å². The molecule has 1 aromatic carbocycles. The Labute approximate surface area is 157 Å². The molecule has 0 spiro atoms. The summed E-state index contributed by atoms with van der Waals surface area (Å²) in [7, 11) is 1.34. The highest BCUT2D eigenvalue weighted by Crippen LogP contribution is 2.35. The maximum atomic E-state index is 12.5. The summed E-state index contributed by atoms with van der Waals surface area (Å²) in [6.07, 6.45) is 2.83. The van der Waals surface area contributed by atoms with Crippen molar-refractivity contribution in [1.29, 1.82) is 0 Å². The van der Waals surface area contributed by atoms with Gasteiger partial charge in [0, 0.05) is 12.1 Å². The maximum absolute atomic E-state index is 12.5. The predicted octanol–water partition coefficient (Wildman–Crippen LogP) is 2.61. The van der Waals surface area contributed by atoms with Crippen LogP contribution in [0.2, 0.25) is 0 Å². The predicted molar refractivity (Wildman–Crippen MR) is 96.1 cm³/mol. The Bertz CT molecular complexity index is 714. The monoisotopic (exact) mass is 380 g/mol. The topological polar surface area (TPSA) is 117 Å². The van der Waals surface area contributed by atoms with Crippen LogP contribution in [-0.4, -0.2) is 42.7 Å². The second kappa shape index (κ2) is 9.20. The van der Waals surface area contributed by atoms with Gasteiger partial charge in [-0.15, -0.1) is 0 Å². The van der Waals surface area contributed by atoms with E-state index in [9.17, 15) is 19.7 Å². The van der Waals surface area contributed by atoms with Crippen molar-refractivity contribution in [3.8, 4) is 11.5 Å². The summed E-state index contributed by atoms with van der Waals surface area (Å²) in [6.45, 7) is 3.44. The molecular weight excluding hydrogens is 356 g/mol. The van der Waals surface area contributed by atoms with Crippen LogP contribution in [-0.2, 0) is 9.53 Å². The van der Waals surface area contributed by atoms with E-state index in [4.69, 9.17) is 14.2 Å². The number of hydrogen-bond donors (Lipinski definition) is 1. The van der Waals surface area contributed by atoms with Crippen molar-refractivity contribution in [3.63, 3.8) is 0 Å². The van der Waals surface area contributed by atoms with Crippen LogP contribution in [0.15, 0.2) is 12.1 Å². The fraction of sp³-hybridized carbons (Fsp3) is 0.556. The molecule has 0 unspecified atom stereocenters. The molecule has 0 aromatic heterocycles. The van der Waals surface area contributed by atoms with Crippen LogP contribution in [0.4, 0.5) is 5.69 Å². The maximum Gasteiger partial charge on any atom is 0.346 e. The third-order valence-electron chi connectivity index (χ3n) is 4.35. The fourth-order valence-corrected chi connectivity index (χ4v) is 2.96. The molecule has 1 fully saturated rings. The molecule has 0 saturated heterocycles. The van der Waals surface area contributed by atoms with Crippen molar-refractivity contribution < 1.29 is 28.7 Å². The molecule has 9 nitrogen and oxygen atoms in total.